The minimum absolute atomic E-state index is 0.112. The molecule has 0 aromatic carbocycles. The molecule has 2 atom stereocenters. The summed E-state index contributed by atoms with van der Waals surface area (Å²) in [6, 6.07) is -0.843. The number of carbonyl (C=O) groups excluding carboxylic acids is 3. The van der Waals surface area contributed by atoms with Crippen LogP contribution < -0.4 is 0 Å². The van der Waals surface area contributed by atoms with E-state index in [1.807, 2.05) is 0 Å². The second-order valence-corrected chi connectivity index (χ2v) is 8.35. The van der Waals surface area contributed by atoms with Crippen molar-refractivity contribution in [2.45, 2.75) is 45.6 Å². The number of hydrogen-bond donors (Lipinski definition) is 0. The summed E-state index contributed by atoms with van der Waals surface area (Å²) in [6.07, 6.45) is 1.29. The van der Waals surface area contributed by atoms with Crippen LogP contribution in [-0.4, -0.2) is 66.9 Å². The number of fused-ring (bicyclic) bond motifs is 1. The first kappa shape index (κ1) is 20.9. The Balaban J connectivity index is 2.29. The first-order valence-corrected chi connectivity index (χ1v) is 10.7. The normalized spacial score (nSPS) is 24.3. The molecule has 0 bridgehead atoms. The van der Waals surface area contributed by atoms with Gasteiger partial charge in [0.05, 0.1) is 32.4 Å². The minimum atomic E-state index is -3.46. The van der Waals surface area contributed by atoms with E-state index in [1.165, 1.54) is 17.1 Å². The van der Waals surface area contributed by atoms with Gasteiger partial charge in [-0.3, -0.25) is 19.2 Å². The van der Waals surface area contributed by atoms with Gasteiger partial charge in [0.2, 0.25) is 11.8 Å². The zero-order chi connectivity index (χ0) is 19.3. The maximum absolute atomic E-state index is 13.1. The molecule has 26 heavy (non-hydrogen) atoms. The van der Waals surface area contributed by atoms with Crippen molar-refractivity contribution in [2.75, 3.05) is 33.0 Å². The third-order valence-corrected chi connectivity index (χ3v) is 6.73. The van der Waals surface area contributed by atoms with Gasteiger partial charge in [-0.1, -0.05) is 0 Å². The number of nitrogens with zero attached hydrogens (tertiary/aromatic N) is 2. The molecule has 148 valence electrons. The number of esters is 1. The average Bonchev–Trinajstić information content (AvgIpc) is 2.73. The maximum atomic E-state index is 13.1. The molecule has 2 aliphatic heterocycles. The molecule has 0 unspecified atom stereocenters. The number of methoxy groups -OCH3 is 1. The van der Waals surface area contributed by atoms with E-state index < -0.39 is 31.4 Å². The summed E-state index contributed by atoms with van der Waals surface area (Å²) in [6.45, 7) is 4.16. The number of ether oxygens (including phenoxy) is 1. The lowest BCUT2D eigenvalue weighted by molar-refractivity contribution is -0.182. The van der Waals surface area contributed by atoms with E-state index in [4.69, 9.17) is 13.8 Å². The quantitative estimate of drug-likeness (QED) is 0.480. The van der Waals surface area contributed by atoms with Crippen LogP contribution >= 0.6 is 7.60 Å². The maximum Gasteiger partial charge on any atom is 0.331 e. The Morgan fingerprint density at radius 2 is 1.85 bits per heavy atom. The third-order valence-electron chi connectivity index (χ3n) is 4.54. The van der Waals surface area contributed by atoms with Crippen LogP contribution in [0.4, 0.5) is 0 Å². The Hall–Kier alpha value is -1.44. The fourth-order valence-corrected chi connectivity index (χ4v) is 5.37. The lowest BCUT2D eigenvalue weighted by atomic mass is 10.0. The second kappa shape index (κ2) is 8.97. The van der Waals surface area contributed by atoms with Crippen LogP contribution in [0.3, 0.4) is 0 Å². The number of rotatable bonds is 7. The molecule has 0 N–H and O–H groups in total. The third kappa shape index (κ3) is 4.45. The van der Waals surface area contributed by atoms with E-state index in [9.17, 15) is 18.9 Å². The molecule has 2 heterocycles. The molecule has 0 spiro atoms. The highest BCUT2D eigenvalue weighted by atomic mass is 31.2. The van der Waals surface area contributed by atoms with Crippen LogP contribution in [0.15, 0.2) is 0 Å². The predicted octanol–water partition coefficient (Wildman–Crippen LogP) is 1.57. The lowest BCUT2D eigenvalue weighted by Gasteiger charge is -2.42. The Labute approximate surface area is 153 Å². The van der Waals surface area contributed by atoms with Crippen LogP contribution in [0.2, 0.25) is 0 Å². The summed E-state index contributed by atoms with van der Waals surface area (Å²) < 4.78 is 28.2. The second-order valence-electron chi connectivity index (χ2n) is 6.25. The average molecular weight is 390 g/mol. The molecule has 9 nitrogen and oxygen atoms in total. The fraction of sp³-hybridized carbons (Fsp3) is 0.812. The summed E-state index contributed by atoms with van der Waals surface area (Å²) in [5.41, 5.74) is 0. The zero-order valence-corrected chi connectivity index (χ0v) is 16.4. The molecule has 10 heteroatoms. The van der Waals surface area contributed by atoms with Gasteiger partial charge in [-0.25, -0.2) is 9.80 Å². The Morgan fingerprint density at radius 1 is 1.19 bits per heavy atom. The van der Waals surface area contributed by atoms with Gasteiger partial charge < -0.3 is 13.8 Å². The molecule has 0 radical (unpaired) electrons. The van der Waals surface area contributed by atoms with Crippen molar-refractivity contribution < 1.29 is 32.7 Å². The summed E-state index contributed by atoms with van der Waals surface area (Å²) in [5, 5.41) is 2.54. The SMILES string of the molecule is CCOP(=O)(C[C@H]1CCC(=O)N2CCC[C@@H](C(=O)OC)N2C1=O)OCC. The first-order valence-electron chi connectivity index (χ1n) is 8.96. The minimum Gasteiger partial charge on any atom is -0.467 e. The molecule has 2 saturated heterocycles. The van der Waals surface area contributed by atoms with Crippen molar-refractivity contribution in [3.05, 3.63) is 0 Å². The van der Waals surface area contributed by atoms with Gasteiger partial charge in [0.15, 0.2) is 6.04 Å². The van der Waals surface area contributed by atoms with Gasteiger partial charge in [0.25, 0.3) is 0 Å². The highest BCUT2D eigenvalue weighted by molar-refractivity contribution is 7.53. The van der Waals surface area contributed by atoms with Crippen molar-refractivity contribution in [3.63, 3.8) is 0 Å². The van der Waals surface area contributed by atoms with Gasteiger partial charge in [0.1, 0.15) is 0 Å². The fourth-order valence-electron chi connectivity index (χ4n) is 3.42. The van der Waals surface area contributed by atoms with Crippen LogP contribution in [0, 0.1) is 5.92 Å². The Morgan fingerprint density at radius 3 is 2.42 bits per heavy atom. The van der Waals surface area contributed by atoms with Crippen molar-refractivity contribution in [1.82, 2.24) is 10.0 Å². The van der Waals surface area contributed by atoms with Crippen LogP contribution in [0.25, 0.3) is 0 Å². The standard InChI is InChI=1S/C16H27N2O7P/c1-4-24-26(22,25-5-2)11-12-8-9-14(19)17-10-6-7-13(16(21)23-3)18(17)15(12)20/h12-13H,4-11H2,1-3H3/t12-,13+/m1/s1. The number of amides is 2. The van der Waals surface area contributed by atoms with Crippen molar-refractivity contribution in [2.24, 2.45) is 5.92 Å². The van der Waals surface area contributed by atoms with E-state index in [0.717, 1.165) is 0 Å². The van der Waals surface area contributed by atoms with Crippen molar-refractivity contribution >= 4 is 25.4 Å². The monoisotopic (exact) mass is 390 g/mol. The molecule has 0 saturated carbocycles. The summed E-state index contributed by atoms with van der Waals surface area (Å²) >= 11 is 0. The van der Waals surface area contributed by atoms with Gasteiger partial charge >= 0.3 is 13.6 Å². The van der Waals surface area contributed by atoms with Crippen molar-refractivity contribution in [3.8, 4) is 0 Å². The van der Waals surface area contributed by atoms with E-state index in [1.54, 1.807) is 13.8 Å². The van der Waals surface area contributed by atoms with Gasteiger partial charge in [-0.15, -0.1) is 0 Å². The topological polar surface area (TPSA) is 102 Å². The highest BCUT2D eigenvalue weighted by Crippen LogP contribution is 2.50. The molecule has 2 fully saturated rings. The number of hydrogen-bond acceptors (Lipinski definition) is 7. The van der Waals surface area contributed by atoms with Crippen LogP contribution in [-0.2, 0) is 32.7 Å². The number of hydrazine groups is 1. The molecule has 2 aliphatic rings. The van der Waals surface area contributed by atoms with E-state index >= 15 is 0 Å². The largest absolute Gasteiger partial charge is 0.467 e. The smallest absolute Gasteiger partial charge is 0.331 e. The molecule has 2 rings (SSSR count). The Bertz CT molecular complexity index is 587. The molecule has 2 amide bonds. The first-order chi connectivity index (χ1) is 12.4. The zero-order valence-electron chi connectivity index (χ0n) is 15.5. The van der Waals surface area contributed by atoms with Crippen LogP contribution in [0.1, 0.15) is 39.5 Å². The van der Waals surface area contributed by atoms with Crippen molar-refractivity contribution in [1.29, 1.82) is 0 Å². The number of carbonyl (C=O) groups is 3. The van der Waals surface area contributed by atoms with E-state index in [0.29, 0.717) is 19.4 Å². The molecular weight excluding hydrogens is 363 g/mol. The summed E-state index contributed by atoms with van der Waals surface area (Å²) in [5.74, 6) is -1.92. The summed E-state index contributed by atoms with van der Waals surface area (Å²) in [7, 11) is -2.20. The molecule has 0 aliphatic carbocycles. The molecular formula is C16H27N2O7P. The van der Waals surface area contributed by atoms with Gasteiger partial charge in [-0.2, -0.15) is 0 Å². The summed E-state index contributed by atoms with van der Waals surface area (Å²) in [4.78, 5) is 37.7. The molecule has 0 aromatic heterocycles. The lowest BCUT2D eigenvalue weighted by Crippen LogP contribution is -2.60. The van der Waals surface area contributed by atoms with E-state index in [-0.39, 0.29) is 38.1 Å². The van der Waals surface area contributed by atoms with Crippen LogP contribution in [0.5, 0.6) is 0 Å². The van der Waals surface area contributed by atoms with Gasteiger partial charge in [0, 0.05) is 13.0 Å². The predicted molar refractivity (Wildman–Crippen MR) is 92.0 cm³/mol. The van der Waals surface area contributed by atoms with E-state index in [2.05, 4.69) is 0 Å². The highest BCUT2D eigenvalue weighted by Gasteiger charge is 2.46. The Kier molecular flexibility index (Phi) is 7.20. The van der Waals surface area contributed by atoms with Gasteiger partial charge in [-0.05, 0) is 33.1 Å². The molecule has 0 aromatic rings.